The van der Waals surface area contributed by atoms with Crippen LogP contribution in [-0.4, -0.2) is 5.97 Å². The monoisotopic (exact) mass is 530 g/mol. The molecule has 0 N–H and O–H groups in total. The summed E-state index contributed by atoms with van der Waals surface area (Å²) in [7, 11) is -10.7. The van der Waals surface area contributed by atoms with Crippen molar-refractivity contribution in [2.24, 2.45) is 0 Å². The number of ether oxygens (including phenoxy) is 1. The van der Waals surface area contributed by atoms with Crippen LogP contribution >= 0.6 is 7.81 Å². The predicted molar refractivity (Wildman–Crippen MR) is 132 cm³/mol. The van der Waals surface area contributed by atoms with Crippen LogP contribution in [-0.2, 0) is 23.3 Å². The Bertz CT molecular complexity index is 1280. The van der Waals surface area contributed by atoms with Crippen molar-refractivity contribution in [1.29, 1.82) is 0 Å². The van der Waals surface area contributed by atoms with Crippen LogP contribution in [0.4, 0.5) is 25.2 Å². The number of hydrogen-bond acceptors (Lipinski definition) is 2. The molecule has 0 aliphatic heterocycles. The Morgan fingerprint density at radius 1 is 0.686 bits per heavy atom. The molecule has 2 nitrogen and oxygen atoms in total. The fourth-order valence-electron chi connectivity index (χ4n) is 3.14. The molecule has 4 aromatic rings. The summed E-state index contributed by atoms with van der Waals surface area (Å²) in [5.41, 5.74) is 3.18. The fourth-order valence-corrected chi connectivity index (χ4v) is 4.24. The number of halogens is 6. The first-order valence-electron chi connectivity index (χ1n) is 10.3. The van der Waals surface area contributed by atoms with Gasteiger partial charge in [-0.3, -0.25) is 0 Å². The van der Waals surface area contributed by atoms with Crippen molar-refractivity contribution in [3.63, 3.8) is 0 Å². The van der Waals surface area contributed by atoms with Crippen molar-refractivity contribution >= 4 is 36.3 Å². The van der Waals surface area contributed by atoms with E-state index in [2.05, 4.69) is 42.5 Å². The van der Waals surface area contributed by atoms with Crippen molar-refractivity contribution < 1.29 is 34.7 Å². The Morgan fingerprint density at radius 3 is 1.91 bits per heavy atom. The van der Waals surface area contributed by atoms with Gasteiger partial charge >= 0.3 is 39.0 Å². The van der Waals surface area contributed by atoms with Gasteiger partial charge in [-0.1, -0.05) is 72.8 Å². The van der Waals surface area contributed by atoms with Crippen LogP contribution in [0.5, 0.6) is 5.75 Å². The van der Waals surface area contributed by atoms with Crippen molar-refractivity contribution in [2.75, 3.05) is 0 Å². The number of fused-ring (bicyclic) bond motifs is 1. The smallest absolute Gasteiger partial charge is 0.343 e. The Hall–Kier alpha value is -3.03. The van der Waals surface area contributed by atoms with Gasteiger partial charge in [0.1, 0.15) is 17.3 Å². The second kappa shape index (κ2) is 9.91. The summed E-state index contributed by atoms with van der Waals surface area (Å²) in [5.74, 6) is 2.23. The van der Waals surface area contributed by atoms with Gasteiger partial charge in [-0.05, 0) is 46.8 Å². The molecule has 0 atom stereocenters. The van der Waals surface area contributed by atoms with Crippen LogP contribution in [0, 0.1) is 0 Å². The normalized spacial score (nSPS) is 13.2. The topological polar surface area (TPSA) is 26.3 Å². The van der Waals surface area contributed by atoms with E-state index >= 15 is 0 Å². The van der Waals surface area contributed by atoms with E-state index in [1.807, 2.05) is 42.5 Å². The number of benzene rings is 4. The van der Waals surface area contributed by atoms with Crippen LogP contribution in [0.1, 0.15) is 21.5 Å². The molecule has 0 saturated heterocycles. The molecule has 0 aromatic heterocycles. The van der Waals surface area contributed by atoms with Crippen LogP contribution in [0.25, 0.3) is 10.8 Å². The van der Waals surface area contributed by atoms with Gasteiger partial charge in [0, 0.05) is 11.1 Å². The summed E-state index contributed by atoms with van der Waals surface area (Å²) in [6.45, 7) is 0. The second-order valence-corrected chi connectivity index (χ2v) is 10.5. The minimum atomic E-state index is -10.7. The van der Waals surface area contributed by atoms with Gasteiger partial charge in [0.05, 0.1) is 5.56 Å². The summed E-state index contributed by atoms with van der Waals surface area (Å²) >= 11 is 1.35. The molecule has 10 heteroatoms. The molecule has 0 unspecified atom stereocenters. The Morgan fingerprint density at radius 2 is 1.26 bits per heavy atom. The molecular formula is C25H21F6O2PS. The number of rotatable bonds is 6. The summed E-state index contributed by atoms with van der Waals surface area (Å²) in [6, 6.07) is 31.9. The second-order valence-electron chi connectivity index (χ2n) is 7.54. The van der Waals surface area contributed by atoms with Gasteiger partial charge in [0.15, 0.2) is 0 Å². The SMILES string of the molecule is F[P-](F)(F)(F)(F)F.O=C(Oc1ccc(C[SH+]Cc2cccc3ccccc23)cc1)c1ccccc1. The van der Waals surface area contributed by atoms with Crippen LogP contribution in [0.2, 0.25) is 0 Å². The van der Waals surface area contributed by atoms with E-state index in [1.54, 1.807) is 12.1 Å². The van der Waals surface area contributed by atoms with Gasteiger partial charge < -0.3 is 4.74 Å². The summed E-state index contributed by atoms with van der Waals surface area (Å²) < 4.78 is 64.6. The Balaban J connectivity index is 0.000000429. The molecule has 0 bridgehead atoms. The van der Waals surface area contributed by atoms with E-state index in [0.717, 1.165) is 11.5 Å². The van der Waals surface area contributed by atoms with E-state index in [0.29, 0.717) is 11.3 Å². The van der Waals surface area contributed by atoms with Gasteiger partial charge in [0.25, 0.3) is 0 Å². The zero-order valence-electron chi connectivity index (χ0n) is 18.1. The molecule has 0 aliphatic carbocycles. The van der Waals surface area contributed by atoms with Crippen LogP contribution < -0.4 is 4.74 Å². The average molecular weight is 530 g/mol. The molecule has 186 valence electrons. The summed E-state index contributed by atoms with van der Waals surface area (Å²) in [5, 5.41) is 2.63. The first-order chi connectivity index (χ1) is 16.2. The maximum absolute atomic E-state index is 12.1. The molecule has 0 radical (unpaired) electrons. The van der Waals surface area contributed by atoms with Gasteiger partial charge in [-0.25, -0.2) is 4.79 Å². The van der Waals surface area contributed by atoms with Crippen LogP contribution in [0.3, 0.4) is 0 Å². The molecule has 35 heavy (non-hydrogen) atoms. The number of thiol groups is 1. The van der Waals surface area contributed by atoms with Crippen molar-refractivity contribution in [3.8, 4) is 5.75 Å². The number of hydrogen-bond donors (Lipinski definition) is 0. The number of carbonyl (C=O) groups is 1. The van der Waals surface area contributed by atoms with Crippen LogP contribution in [0.15, 0.2) is 97.1 Å². The van der Waals surface area contributed by atoms with Gasteiger partial charge in [-0.15, -0.1) is 0 Å². The molecular weight excluding hydrogens is 509 g/mol. The molecule has 0 amide bonds. The van der Waals surface area contributed by atoms with Gasteiger partial charge in [-0.2, -0.15) is 0 Å². The number of carbonyl (C=O) groups excluding carboxylic acids is 1. The van der Waals surface area contributed by atoms with Gasteiger partial charge in [0.2, 0.25) is 0 Å². The maximum atomic E-state index is 12.1. The van der Waals surface area contributed by atoms with E-state index in [4.69, 9.17) is 4.74 Å². The number of esters is 1. The zero-order chi connectivity index (χ0) is 25.6. The third-order valence-corrected chi connectivity index (χ3v) is 5.75. The standard InChI is InChI=1S/C25H20O2S.F6P/c26-25(21-8-2-1-3-9-21)27-23-15-13-19(14-16-23)17-28-18-22-11-6-10-20-7-4-5-12-24(20)22;1-7(2,3,4,5)6/h1-16H,17-18H2;/q;-1/p+1. The molecule has 0 aliphatic rings. The van der Waals surface area contributed by atoms with E-state index in [1.165, 1.54) is 33.7 Å². The van der Waals surface area contributed by atoms with Crippen molar-refractivity contribution in [3.05, 3.63) is 114 Å². The van der Waals surface area contributed by atoms with E-state index in [9.17, 15) is 30.0 Å². The minimum absolute atomic E-state index is 0.331. The molecule has 4 aromatic carbocycles. The molecule has 4 rings (SSSR count). The Kier molecular flexibility index (Phi) is 7.53. The molecule has 0 saturated carbocycles. The van der Waals surface area contributed by atoms with Crippen molar-refractivity contribution in [1.82, 2.24) is 0 Å². The zero-order valence-corrected chi connectivity index (χ0v) is 19.9. The fraction of sp³-hybridized carbons (Fsp3) is 0.0800. The molecule has 0 fully saturated rings. The van der Waals surface area contributed by atoms with Crippen molar-refractivity contribution in [2.45, 2.75) is 11.5 Å². The quantitative estimate of drug-likeness (QED) is 0.0621. The first kappa shape index (κ1) is 26.6. The average Bonchev–Trinajstić information content (AvgIpc) is 2.79. The third kappa shape index (κ3) is 10.4. The van der Waals surface area contributed by atoms with E-state index < -0.39 is 7.81 Å². The molecule has 0 spiro atoms. The minimum Gasteiger partial charge on any atom is -0.423 e. The largest absolute Gasteiger partial charge is 0.423 e. The maximum Gasteiger partial charge on any atom is 0.343 e. The predicted octanol–water partition coefficient (Wildman–Crippen LogP) is 8.96. The summed E-state index contributed by atoms with van der Waals surface area (Å²) in [6.07, 6.45) is 0. The third-order valence-electron chi connectivity index (χ3n) is 4.60. The Labute approximate surface area is 202 Å². The molecule has 0 heterocycles. The first-order valence-corrected chi connectivity index (χ1v) is 13.6. The summed E-state index contributed by atoms with van der Waals surface area (Å²) in [4.78, 5) is 12.1. The van der Waals surface area contributed by atoms with E-state index in [-0.39, 0.29) is 5.97 Å².